The first kappa shape index (κ1) is 9.89. The molecular weight excluding hydrogens is 164 g/mol. The van der Waals surface area contributed by atoms with Crippen LogP contribution in [0.4, 0.5) is 11.5 Å². The van der Waals surface area contributed by atoms with Crippen LogP contribution in [0.1, 0.15) is 27.2 Å². The van der Waals surface area contributed by atoms with Crippen molar-refractivity contribution >= 4 is 11.5 Å². The second kappa shape index (κ2) is 4.16. The van der Waals surface area contributed by atoms with Crippen molar-refractivity contribution in [3.63, 3.8) is 0 Å². The van der Waals surface area contributed by atoms with Crippen LogP contribution in [0.5, 0.6) is 0 Å². The number of nitrogens with one attached hydrogen (secondary N) is 1. The summed E-state index contributed by atoms with van der Waals surface area (Å²) >= 11 is 0. The molecule has 4 nitrogen and oxygen atoms in total. The van der Waals surface area contributed by atoms with E-state index in [4.69, 9.17) is 5.73 Å². The van der Waals surface area contributed by atoms with Crippen molar-refractivity contribution < 1.29 is 0 Å². The molecule has 1 unspecified atom stereocenters. The summed E-state index contributed by atoms with van der Waals surface area (Å²) in [6, 6.07) is 0.419. The third-order valence-corrected chi connectivity index (χ3v) is 2.11. The number of aryl methyl sites for hydroxylation is 1. The zero-order valence-corrected chi connectivity index (χ0v) is 8.54. The quantitative estimate of drug-likeness (QED) is 0.745. The maximum Gasteiger partial charge on any atom is 0.171 e. The van der Waals surface area contributed by atoms with E-state index in [1.165, 1.54) is 0 Å². The maximum absolute atomic E-state index is 5.77. The minimum atomic E-state index is 0.419. The Morgan fingerprint density at radius 2 is 2.31 bits per heavy atom. The number of nitrogens with zero attached hydrogens (tertiary/aromatic N) is 2. The van der Waals surface area contributed by atoms with Crippen LogP contribution in [0.3, 0.4) is 0 Å². The molecule has 0 saturated heterocycles. The van der Waals surface area contributed by atoms with Crippen LogP contribution in [-0.4, -0.2) is 15.8 Å². The first-order valence-corrected chi connectivity index (χ1v) is 4.76. The molecule has 13 heavy (non-hydrogen) atoms. The van der Waals surface area contributed by atoms with Crippen LogP contribution >= 0.6 is 0 Å². The summed E-state index contributed by atoms with van der Waals surface area (Å²) in [4.78, 5) is 0. The van der Waals surface area contributed by atoms with Crippen molar-refractivity contribution in [2.24, 2.45) is 0 Å². The molecule has 1 heterocycles. The number of nitrogens with two attached hydrogens (primary N) is 1. The Bertz CT molecular complexity index is 267. The van der Waals surface area contributed by atoms with Gasteiger partial charge in [-0.3, -0.25) is 4.68 Å². The van der Waals surface area contributed by atoms with Gasteiger partial charge in [0.2, 0.25) is 0 Å². The Kier molecular flexibility index (Phi) is 3.17. The Balaban J connectivity index is 2.70. The molecule has 0 amide bonds. The number of nitrogen functional groups attached to an aromatic ring is 1. The lowest BCUT2D eigenvalue weighted by Crippen LogP contribution is -2.14. The summed E-state index contributed by atoms with van der Waals surface area (Å²) in [5, 5.41) is 7.55. The molecule has 0 aliphatic rings. The van der Waals surface area contributed by atoms with Gasteiger partial charge >= 0.3 is 0 Å². The molecule has 0 aliphatic heterocycles. The molecule has 74 valence electrons. The van der Waals surface area contributed by atoms with Crippen molar-refractivity contribution in [3.05, 3.63) is 6.20 Å². The van der Waals surface area contributed by atoms with E-state index in [2.05, 4.69) is 24.3 Å². The van der Waals surface area contributed by atoms with Crippen LogP contribution in [0.15, 0.2) is 6.20 Å². The second-order valence-electron chi connectivity index (χ2n) is 3.24. The summed E-state index contributed by atoms with van der Waals surface area (Å²) in [5.74, 6) is 0.802. The number of aromatic nitrogens is 2. The molecule has 0 fully saturated rings. The lowest BCUT2D eigenvalue weighted by Gasteiger charge is -2.10. The average molecular weight is 182 g/mol. The van der Waals surface area contributed by atoms with Gasteiger partial charge < -0.3 is 11.1 Å². The molecule has 0 aromatic carbocycles. The number of hydrogen-bond donors (Lipinski definition) is 2. The molecule has 1 aromatic heterocycles. The fraction of sp³-hybridized carbons (Fsp3) is 0.667. The lowest BCUT2D eigenvalue weighted by molar-refractivity contribution is 0.656. The second-order valence-corrected chi connectivity index (χ2v) is 3.24. The van der Waals surface area contributed by atoms with Gasteiger partial charge in [0.1, 0.15) is 0 Å². The highest BCUT2D eigenvalue weighted by Gasteiger charge is 2.06. The van der Waals surface area contributed by atoms with E-state index in [1.807, 2.05) is 17.8 Å². The molecular formula is C9H18N4. The molecule has 0 saturated carbocycles. The largest absolute Gasteiger partial charge is 0.394 e. The van der Waals surface area contributed by atoms with Gasteiger partial charge in [0.25, 0.3) is 0 Å². The van der Waals surface area contributed by atoms with Crippen LogP contribution in [0.2, 0.25) is 0 Å². The van der Waals surface area contributed by atoms with Crippen LogP contribution in [-0.2, 0) is 6.54 Å². The highest BCUT2D eigenvalue weighted by molar-refractivity contribution is 5.60. The Hall–Kier alpha value is -1.19. The van der Waals surface area contributed by atoms with Crippen molar-refractivity contribution in [2.75, 3.05) is 11.1 Å². The molecule has 1 rings (SSSR count). The van der Waals surface area contributed by atoms with Crippen molar-refractivity contribution in [1.82, 2.24) is 9.78 Å². The SMILES string of the molecule is CCC(C)Nc1nn(CC)cc1N. The Morgan fingerprint density at radius 1 is 1.62 bits per heavy atom. The molecule has 0 radical (unpaired) electrons. The maximum atomic E-state index is 5.77. The fourth-order valence-corrected chi connectivity index (χ4v) is 1.05. The van der Waals surface area contributed by atoms with Gasteiger partial charge in [-0.25, -0.2) is 0 Å². The van der Waals surface area contributed by atoms with E-state index in [1.54, 1.807) is 0 Å². The third-order valence-electron chi connectivity index (χ3n) is 2.11. The van der Waals surface area contributed by atoms with Gasteiger partial charge in [-0.1, -0.05) is 6.92 Å². The summed E-state index contributed by atoms with van der Waals surface area (Å²) in [6.07, 6.45) is 2.92. The molecule has 1 atom stereocenters. The van der Waals surface area contributed by atoms with Crippen molar-refractivity contribution in [2.45, 2.75) is 39.8 Å². The Morgan fingerprint density at radius 3 is 2.77 bits per heavy atom. The summed E-state index contributed by atoms with van der Waals surface area (Å²) in [7, 11) is 0. The first-order valence-electron chi connectivity index (χ1n) is 4.76. The molecule has 4 heteroatoms. The summed E-state index contributed by atoms with van der Waals surface area (Å²) < 4.78 is 1.83. The van der Waals surface area contributed by atoms with Gasteiger partial charge in [-0.15, -0.1) is 0 Å². The highest BCUT2D eigenvalue weighted by Crippen LogP contribution is 2.16. The van der Waals surface area contributed by atoms with E-state index in [0.29, 0.717) is 6.04 Å². The highest BCUT2D eigenvalue weighted by atomic mass is 15.3. The minimum Gasteiger partial charge on any atom is -0.394 e. The predicted octanol–water partition coefficient (Wildman–Crippen LogP) is 1.70. The smallest absolute Gasteiger partial charge is 0.171 e. The van der Waals surface area contributed by atoms with Gasteiger partial charge in [-0.2, -0.15) is 5.10 Å². The number of anilines is 2. The van der Waals surface area contributed by atoms with Crippen LogP contribution < -0.4 is 11.1 Å². The lowest BCUT2D eigenvalue weighted by atomic mass is 10.2. The molecule has 0 bridgehead atoms. The van der Waals surface area contributed by atoms with Crippen LogP contribution in [0.25, 0.3) is 0 Å². The average Bonchev–Trinajstić information content (AvgIpc) is 2.47. The zero-order chi connectivity index (χ0) is 9.84. The summed E-state index contributed by atoms with van der Waals surface area (Å²) in [6.45, 7) is 7.14. The van der Waals surface area contributed by atoms with E-state index in [9.17, 15) is 0 Å². The van der Waals surface area contributed by atoms with Gasteiger partial charge in [-0.05, 0) is 20.3 Å². The monoisotopic (exact) mass is 182 g/mol. The predicted molar refractivity (Wildman–Crippen MR) is 55.7 cm³/mol. The van der Waals surface area contributed by atoms with E-state index >= 15 is 0 Å². The van der Waals surface area contributed by atoms with Crippen LogP contribution in [0, 0.1) is 0 Å². The zero-order valence-electron chi connectivity index (χ0n) is 8.54. The Labute approximate surface area is 79.1 Å². The van der Waals surface area contributed by atoms with E-state index < -0.39 is 0 Å². The normalized spacial score (nSPS) is 12.8. The van der Waals surface area contributed by atoms with Crippen molar-refractivity contribution in [1.29, 1.82) is 0 Å². The molecule has 0 spiro atoms. The van der Waals surface area contributed by atoms with E-state index in [-0.39, 0.29) is 0 Å². The fourth-order valence-electron chi connectivity index (χ4n) is 1.05. The minimum absolute atomic E-state index is 0.419. The first-order chi connectivity index (χ1) is 6.17. The van der Waals surface area contributed by atoms with Gasteiger partial charge in [0.15, 0.2) is 5.82 Å². The molecule has 0 aliphatic carbocycles. The van der Waals surface area contributed by atoms with Gasteiger partial charge in [0.05, 0.1) is 11.9 Å². The topological polar surface area (TPSA) is 55.9 Å². The van der Waals surface area contributed by atoms with Crippen molar-refractivity contribution in [3.8, 4) is 0 Å². The summed E-state index contributed by atoms with van der Waals surface area (Å²) in [5.41, 5.74) is 6.50. The van der Waals surface area contributed by atoms with E-state index in [0.717, 1.165) is 24.5 Å². The number of hydrogen-bond acceptors (Lipinski definition) is 3. The number of rotatable bonds is 4. The molecule has 3 N–H and O–H groups in total. The molecule has 1 aromatic rings. The van der Waals surface area contributed by atoms with Gasteiger partial charge in [0, 0.05) is 12.6 Å². The third kappa shape index (κ3) is 2.37. The standard InChI is InChI=1S/C9H18N4/c1-4-7(3)11-9-8(10)6-13(5-2)12-9/h6-7H,4-5,10H2,1-3H3,(H,11,12).